The lowest BCUT2D eigenvalue weighted by Gasteiger charge is -2.25. The van der Waals surface area contributed by atoms with Crippen LogP contribution in [-0.2, 0) is 16.0 Å². The average molecular weight is 382 g/mol. The molecule has 2 aromatic carbocycles. The molecule has 4 nitrogen and oxygen atoms in total. The normalized spacial score (nSPS) is 15.2. The average Bonchev–Trinajstić information content (AvgIpc) is 3.25. The Kier molecular flexibility index (Phi) is 7.18. The number of aryl methyl sites for hydroxylation is 1. The van der Waals surface area contributed by atoms with Crippen molar-refractivity contribution in [3.63, 3.8) is 0 Å². The summed E-state index contributed by atoms with van der Waals surface area (Å²) >= 11 is 0. The van der Waals surface area contributed by atoms with Gasteiger partial charge in [-0.15, -0.1) is 0 Å². The molecule has 1 fully saturated rings. The lowest BCUT2D eigenvalue weighted by atomic mass is 9.91. The molecule has 1 aliphatic carbocycles. The van der Waals surface area contributed by atoms with E-state index < -0.39 is 11.8 Å². The fraction of sp³-hybridized carbons (Fsp3) is 0.391. The van der Waals surface area contributed by atoms with Gasteiger partial charge in [0, 0.05) is 6.54 Å². The van der Waals surface area contributed by atoms with E-state index in [0.29, 0.717) is 6.54 Å². The second-order valence-corrected chi connectivity index (χ2v) is 7.39. The van der Waals surface area contributed by atoms with Gasteiger partial charge in [-0.05, 0) is 54.9 Å². The second kappa shape index (κ2) is 10.0. The van der Waals surface area contributed by atoms with Crippen molar-refractivity contribution in [2.75, 3.05) is 6.54 Å². The van der Waals surface area contributed by atoms with Crippen molar-refractivity contribution in [2.45, 2.75) is 44.6 Å². The lowest BCUT2D eigenvalue weighted by molar-refractivity contribution is -0.139. The number of hydrogen-bond acceptors (Lipinski definition) is 2. The van der Waals surface area contributed by atoms with E-state index in [1.807, 2.05) is 30.3 Å². The Morgan fingerprint density at radius 2 is 1.64 bits per heavy atom. The molecule has 0 heterocycles. The maximum absolute atomic E-state index is 13.3. The predicted octanol–water partition coefficient (Wildman–Crippen LogP) is 3.92. The summed E-state index contributed by atoms with van der Waals surface area (Å²) < 4.78 is 13.3. The molecule has 0 aliphatic heterocycles. The van der Waals surface area contributed by atoms with Gasteiger partial charge >= 0.3 is 11.8 Å². The second-order valence-electron chi connectivity index (χ2n) is 7.39. The topological polar surface area (TPSA) is 58.2 Å². The third-order valence-electron chi connectivity index (χ3n) is 5.36. The summed E-state index contributed by atoms with van der Waals surface area (Å²) in [5, 5.41) is 5.58. The number of carbonyl (C=O) groups is 2. The zero-order valence-corrected chi connectivity index (χ0v) is 16.0. The number of hydrogen-bond donors (Lipinski definition) is 2. The smallest absolute Gasteiger partial charge is 0.309 e. The Hall–Kier alpha value is -2.69. The minimum absolute atomic E-state index is 0.259. The van der Waals surface area contributed by atoms with Gasteiger partial charge in [-0.25, -0.2) is 4.39 Å². The van der Waals surface area contributed by atoms with Gasteiger partial charge in [0.2, 0.25) is 0 Å². The molecule has 28 heavy (non-hydrogen) atoms. The summed E-state index contributed by atoms with van der Waals surface area (Å²) in [5.41, 5.74) is 2.05. The van der Waals surface area contributed by atoms with E-state index in [1.165, 1.54) is 17.7 Å². The van der Waals surface area contributed by atoms with Gasteiger partial charge in [0.05, 0.1) is 6.04 Å². The molecule has 1 atom stereocenters. The van der Waals surface area contributed by atoms with E-state index in [2.05, 4.69) is 10.6 Å². The standard InChI is InChI=1S/C23H27FN2O2/c24-20-14-12-19(13-15-20)21(18-10-4-5-11-18)26-23(28)22(27)25-16-6-9-17-7-2-1-3-8-17/h1-3,7-8,12-15,18,21H,4-6,9-11,16H2,(H,25,27)(H,26,28). The molecular formula is C23H27FN2O2. The summed E-state index contributed by atoms with van der Waals surface area (Å²) in [4.78, 5) is 24.6. The molecule has 1 aliphatic rings. The first-order valence-corrected chi connectivity index (χ1v) is 10.0. The highest BCUT2D eigenvalue weighted by Crippen LogP contribution is 2.35. The number of rotatable bonds is 7. The first-order valence-electron chi connectivity index (χ1n) is 10.0. The Morgan fingerprint density at radius 3 is 2.32 bits per heavy atom. The number of halogens is 1. The van der Waals surface area contributed by atoms with Crippen molar-refractivity contribution < 1.29 is 14.0 Å². The van der Waals surface area contributed by atoms with Crippen molar-refractivity contribution in [1.29, 1.82) is 0 Å². The third-order valence-corrected chi connectivity index (χ3v) is 5.36. The summed E-state index contributed by atoms with van der Waals surface area (Å²) in [7, 11) is 0. The number of benzene rings is 2. The minimum Gasteiger partial charge on any atom is -0.348 e. The van der Waals surface area contributed by atoms with Crippen molar-refractivity contribution in [2.24, 2.45) is 5.92 Å². The van der Waals surface area contributed by atoms with Crippen molar-refractivity contribution in [3.05, 3.63) is 71.5 Å². The highest BCUT2D eigenvalue weighted by Gasteiger charge is 2.29. The largest absolute Gasteiger partial charge is 0.348 e. The molecule has 5 heteroatoms. The summed E-state index contributed by atoms with van der Waals surface area (Å²) in [5.74, 6) is -1.27. The molecule has 148 valence electrons. The number of carbonyl (C=O) groups excluding carboxylic acids is 2. The van der Waals surface area contributed by atoms with Gasteiger partial charge in [-0.3, -0.25) is 9.59 Å². The molecule has 0 radical (unpaired) electrons. The Balaban J connectivity index is 1.52. The summed E-state index contributed by atoms with van der Waals surface area (Å²) in [6, 6.07) is 15.9. The van der Waals surface area contributed by atoms with Gasteiger partial charge in [-0.2, -0.15) is 0 Å². The molecule has 0 aromatic heterocycles. The summed E-state index contributed by atoms with van der Waals surface area (Å²) in [6.45, 7) is 0.450. The van der Waals surface area contributed by atoms with Crippen LogP contribution in [0, 0.1) is 11.7 Å². The Labute approximate surface area is 165 Å². The monoisotopic (exact) mass is 382 g/mol. The van der Waals surface area contributed by atoms with Crippen molar-refractivity contribution in [3.8, 4) is 0 Å². The van der Waals surface area contributed by atoms with Crippen LogP contribution in [-0.4, -0.2) is 18.4 Å². The minimum atomic E-state index is -0.624. The Morgan fingerprint density at radius 1 is 0.964 bits per heavy atom. The van der Waals surface area contributed by atoms with E-state index in [9.17, 15) is 14.0 Å². The van der Waals surface area contributed by atoms with Gasteiger partial charge < -0.3 is 10.6 Å². The molecule has 2 aromatic rings. The number of amides is 2. The highest BCUT2D eigenvalue weighted by molar-refractivity contribution is 6.35. The summed E-state index contributed by atoms with van der Waals surface area (Å²) in [6.07, 6.45) is 5.85. The van der Waals surface area contributed by atoms with Crippen LogP contribution in [0.25, 0.3) is 0 Å². The van der Waals surface area contributed by atoms with E-state index in [1.54, 1.807) is 12.1 Å². The zero-order chi connectivity index (χ0) is 19.8. The van der Waals surface area contributed by atoms with Crippen molar-refractivity contribution in [1.82, 2.24) is 10.6 Å². The molecule has 1 unspecified atom stereocenters. The first-order chi connectivity index (χ1) is 13.6. The lowest BCUT2D eigenvalue weighted by Crippen LogP contribution is -2.43. The van der Waals surface area contributed by atoms with Gasteiger partial charge in [-0.1, -0.05) is 55.3 Å². The molecule has 1 saturated carbocycles. The van der Waals surface area contributed by atoms with Crippen LogP contribution < -0.4 is 10.6 Å². The molecular weight excluding hydrogens is 355 g/mol. The predicted molar refractivity (Wildman–Crippen MR) is 107 cm³/mol. The molecule has 2 amide bonds. The van der Waals surface area contributed by atoms with Crippen LogP contribution in [0.2, 0.25) is 0 Å². The van der Waals surface area contributed by atoms with Crippen LogP contribution in [0.4, 0.5) is 4.39 Å². The maximum Gasteiger partial charge on any atom is 0.309 e. The highest BCUT2D eigenvalue weighted by atomic mass is 19.1. The van der Waals surface area contributed by atoms with Crippen LogP contribution in [0.5, 0.6) is 0 Å². The quantitative estimate of drug-likeness (QED) is 0.563. The fourth-order valence-electron chi connectivity index (χ4n) is 3.86. The van der Waals surface area contributed by atoms with Crippen LogP contribution in [0.15, 0.2) is 54.6 Å². The maximum atomic E-state index is 13.3. The van der Waals surface area contributed by atoms with E-state index in [-0.39, 0.29) is 17.8 Å². The molecule has 0 bridgehead atoms. The Bertz CT molecular complexity index is 771. The van der Waals surface area contributed by atoms with Crippen LogP contribution >= 0.6 is 0 Å². The van der Waals surface area contributed by atoms with Crippen LogP contribution in [0.1, 0.15) is 49.3 Å². The van der Waals surface area contributed by atoms with E-state index in [0.717, 1.165) is 44.1 Å². The van der Waals surface area contributed by atoms with E-state index in [4.69, 9.17) is 0 Å². The van der Waals surface area contributed by atoms with Gasteiger partial charge in [0.15, 0.2) is 0 Å². The third kappa shape index (κ3) is 5.65. The zero-order valence-electron chi connectivity index (χ0n) is 16.0. The SMILES string of the molecule is O=C(NCCCc1ccccc1)C(=O)NC(c1ccc(F)cc1)C1CCCC1. The van der Waals surface area contributed by atoms with Crippen LogP contribution in [0.3, 0.4) is 0 Å². The van der Waals surface area contributed by atoms with Gasteiger partial charge in [0.25, 0.3) is 0 Å². The molecule has 0 spiro atoms. The molecule has 0 saturated heterocycles. The fourth-order valence-corrected chi connectivity index (χ4v) is 3.86. The first kappa shape index (κ1) is 20.1. The van der Waals surface area contributed by atoms with Crippen molar-refractivity contribution >= 4 is 11.8 Å². The van der Waals surface area contributed by atoms with E-state index >= 15 is 0 Å². The molecule has 3 rings (SSSR count). The molecule has 2 N–H and O–H groups in total. The van der Waals surface area contributed by atoms with Gasteiger partial charge in [0.1, 0.15) is 5.82 Å². The number of nitrogens with one attached hydrogen (secondary N) is 2.